The van der Waals surface area contributed by atoms with E-state index in [0.717, 1.165) is 5.56 Å². The van der Waals surface area contributed by atoms with Gasteiger partial charge < -0.3 is 10.3 Å². The molecule has 2 N–H and O–H groups in total. The molecule has 0 saturated heterocycles. The van der Waals surface area contributed by atoms with Gasteiger partial charge in [0.2, 0.25) is 0 Å². The maximum atomic E-state index is 12.0. The van der Waals surface area contributed by atoms with E-state index in [-0.39, 0.29) is 23.1 Å². The number of carbonyl (C=O) groups is 1. The summed E-state index contributed by atoms with van der Waals surface area (Å²) in [5.41, 5.74) is 0.762. The van der Waals surface area contributed by atoms with Crippen molar-refractivity contribution in [1.29, 1.82) is 0 Å². The van der Waals surface area contributed by atoms with Crippen LogP contribution in [0.15, 0.2) is 47.4 Å². The van der Waals surface area contributed by atoms with Crippen molar-refractivity contribution in [2.45, 2.75) is 19.4 Å². The van der Waals surface area contributed by atoms with Crippen LogP contribution >= 0.6 is 11.6 Å². The summed E-state index contributed by atoms with van der Waals surface area (Å²) in [5, 5.41) is 3.47. The van der Waals surface area contributed by atoms with Crippen LogP contribution in [-0.2, 0) is 6.42 Å². The number of benzene rings is 1. The summed E-state index contributed by atoms with van der Waals surface area (Å²) in [4.78, 5) is 26.0. The van der Waals surface area contributed by atoms with Gasteiger partial charge in [-0.1, -0.05) is 23.7 Å². The van der Waals surface area contributed by atoms with E-state index in [0.29, 0.717) is 11.4 Å². The van der Waals surface area contributed by atoms with Crippen LogP contribution in [0.25, 0.3) is 0 Å². The molecule has 5 heteroatoms. The fourth-order valence-corrected chi connectivity index (χ4v) is 2.18. The molecular weight excluding hydrogens is 276 g/mol. The van der Waals surface area contributed by atoms with Gasteiger partial charge in [-0.15, -0.1) is 0 Å². The third-order valence-electron chi connectivity index (χ3n) is 2.87. The lowest BCUT2D eigenvalue weighted by Gasteiger charge is -2.13. The Morgan fingerprint density at radius 1 is 1.35 bits per heavy atom. The molecule has 0 aliphatic rings. The van der Waals surface area contributed by atoms with E-state index in [1.54, 1.807) is 12.1 Å². The van der Waals surface area contributed by atoms with E-state index < -0.39 is 0 Å². The van der Waals surface area contributed by atoms with Crippen molar-refractivity contribution < 1.29 is 4.79 Å². The first-order valence-corrected chi connectivity index (χ1v) is 6.67. The summed E-state index contributed by atoms with van der Waals surface area (Å²) in [5.74, 6) is -0.374. The second kappa shape index (κ2) is 6.39. The second-order valence-electron chi connectivity index (χ2n) is 4.62. The van der Waals surface area contributed by atoms with Crippen molar-refractivity contribution in [1.82, 2.24) is 10.3 Å². The highest BCUT2D eigenvalue weighted by molar-refractivity contribution is 6.30. The van der Waals surface area contributed by atoms with Crippen molar-refractivity contribution in [3.63, 3.8) is 0 Å². The first-order valence-electron chi connectivity index (χ1n) is 6.29. The number of H-pyrrole nitrogens is 1. The summed E-state index contributed by atoms with van der Waals surface area (Å²) in [6.45, 7) is 1.88. The molecular formula is C15H15ClN2O2. The van der Waals surface area contributed by atoms with E-state index in [2.05, 4.69) is 10.3 Å². The number of halogens is 1. The Morgan fingerprint density at radius 2 is 2.15 bits per heavy atom. The fraction of sp³-hybridized carbons (Fsp3) is 0.200. The Morgan fingerprint density at radius 3 is 2.85 bits per heavy atom. The Kier molecular flexibility index (Phi) is 4.58. The zero-order chi connectivity index (χ0) is 14.5. The number of hydrogen-bond donors (Lipinski definition) is 2. The zero-order valence-corrected chi connectivity index (χ0v) is 11.8. The van der Waals surface area contributed by atoms with E-state index in [1.807, 2.05) is 25.1 Å². The highest BCUT2D eigenvalue weighted by Crippen LogP contribution is 2.12. The third kappa shape index (κ3) is 3.71. The van der Waals surface area contributed by atoms with Crippen molar-refractivity contribution in [3.8, 4) is 0 Å². The van der Waals surface area contributed by atoms with Gasteiger partial charge in [-0.2, -0.15) is 0 Å². The van der Waals surface area contributed by atoms with Crippen LogP contribution in [-0.4, -0.2) is 16.9 Å². The van der Waals surface area contributed by atoms with Gasteiger partial charge in [0.1, 0.15) is 5.56 Å². The Bertz CT molecular complexity index is 667. The molecule has 0 bridgehead atoms. The van der Waals surface area contributed by atoms with E-state index in [9.17, 15) is 9.59 Å². The second-order valence-corrected chi connectivity index (χ2v) is 5.06. The third-order valence-corrected chi connectivity index (χ3v) is 3.11. The molecule has 4 nitrogen and oxygen atoms in total. The monoisotopic (exact) mass is 290 g/mol. The molecule has 2 aromatic rings. The van der Waals surface area contributed by atoms with Gasteiger partial charge in [0, 0.05) is 17.3 Å². The van der Waals surface area contributed by atoms with Gasteiger partial charge in [-0.3, -0.25) is 9.59 Å². The molecule has 20 heavy (non-hydrogen) atoms. The van der Waals surface area contributed by atoms with Gasteiger partial charge in [0.25, 0.3) is 11.5 Å². The number of amides is 1. The van der Waals surface area contributed by atoms with Gasteiger partial charge in [-0.25, -0.2) is 0 Å². The molecule has 0 aliphatic carbocycles. The van der Waals surface area contributed by atoms with Gasteiger partial charge in [0.15, 0.2) is 0 Å². The van der Waals surface area contributed by atoms with Crippen LogP contribution in [0.5, 0.6) is 0 Å². The van der Waals surface area contributed by atoms with Crippen molar-refractivity contribution in [3.05, 3.63) is 69.1 Å². The lowest BCUT2D eigenvalue weighted by atomic mass is 10.1. The highest BCUT2D eigenvalue weighted by Gasteiger charge is 2.13. The maximum absolute atomic E-state index is 12.0. The van der Waals surface area contributed by atoms with E-state index in [1.165, 1.54) is 12.3 Å². The summed E-state index contributed by atoms with van der Waals surface area (Å²) in [7, 11) is 0. The Labute approximate surface area is 121 Å². The van der Waals surface area contributed by atoms with Crippen LogP contribution in [0, 0.1) is 0 Å². The molecule has 0 spiro atoms. The molecule has 1 aromatic carbocycles. The van der Waals surface area contributed by atoms with Crippen molar-refractivity contribution in [2.24, 2.45) is 0 Å². The lowest BCUT2D eigenvalue weighted by molar-refractivity contribution is 0.0938. The smallest absolute Gasteiger partial charge is 0.260 e. The van der Waals surface area contributed by atoms with Crippen molar-refractivity contribution >= 4 is 17.5 Å². The summed E-state index contributed by atoms with van der Waals surface area (Å²) in [6.07, 6.45) is 2.14. The average molecular weight is 291 g/mol. The zero-order valence-electron chi connectivity index (χ0n) is 11.0. The molecule has 2 rings (SSSR count). The molecule has 1 unspecified atom stereocenters. The normalized spacial score (nSPS) is 11.9. The fourth-order valence-electron chi connectivity index (χ4n) is 1.97. The molecule has 104 valence electrons. The van der Waals surface area contributed by atoms with Gasteiger partial charge in [-0.05, 0) is 43.2 Å². The van der Waals surface area contributed by atoms with Crippen LogP contribution < -0.4 is 10.9 Å². The molecule has 1 amide bonds. The van der Waals surface area contributed by atoms with Crippen LogP contribution in [0.1, 0.15) is 22.8 Å². The number of hydrogen-bond acceptors (Lipinski definition) is 2. The number of carbonyl (C=O) groups excluding carboxylic acids is 1. The lowest BCUT2D eigenvalue weighted by Crippen LogP contribution is -2.36. The number of aromatic amines is 1. The summed E-state index contributed by atoms with van der Waals surface area (Å²) in [6, 6.07) is 10.5. The van der Waals surface area contributed by atoms with Crippen LogP contribution in [0.4, 0.5) is 0 Å². The minimum atomic E-state index is -0.389. The molecule has 0 saturated carbocycles. The minimum Gasteiger partial charge on any atom is -0.349 e. The predicted molar refractivity (Wildman–Crippen MR) is 79.1 cm³/mol. The molecule has 1 atom stereocenters. The topological polar surface area (TPSA) is 62.0 Å². The van der Waals surface area contributed by atoms with E-state index in [4.69, 9.17) is 11.6 Å². The first-order chi connectivity index (χ1) is 9.56. The predicted octanol–water partition coefficient (Wildman–Crippen LogP) is 2.39. The largest absolute Gasteiger partial charge is 0.349 e. The highest BCUT2D eigenvalue weighted by atomic mass is 35.5. The number of nitrogens with one attached hydrogen (secondary N) is 2. The standard InChI is InChI=1S/C15H15ClN2O2/c1-10(8-11-4-2-5-12(16)9-11)18-15(20)13-6-3-7-17-14(13)19/h2-7,9-10H,8H2,1H3,(H,17,19)(H,18,20). The van der Waals surface area contributed by atoms with Crippen LogP contribution in [0.3, 0.4) is 0 Å². The minimum absolute atomic E-state index is 0.0967. The van der Waals surface area contributed by atoms with Crippen molar-refractivity contribution in [2.75, 3.05) is 0 Å². The molecule has 0 radical (unpaired) electrons. The summed E-state index contributed by atoms with van der Waals surface area (Å²) < 4.78 is 0. The quantitative estimate of drug-likeness (QED) is 0.908. The van der Waals surface area contributed by atoms with Gasteiger partial charge >= 0.3 is 0 Å². The Balaban J connectivity index is 2.01. The maximum Gasteiger partial charge on any atom is 0.260 e. The number of rotatable bonds is 4. The first kappa shape index (κ1) is 14.3. The number of pyridine rings is 1. The van der Waals surface area contributed by atoms with E-state index >= 15 is 0 Å². The molecule has 1 aromatic heterocycles. The molecule has 0 aliphatic heterocycles. The molecule has 0 fully saturated rings. The Hall–Kier alpha value is -2.07. The molecule has 1 heterocycles. The van der Waals surface area contributed by atoms with Gasteiger partial charge in [0.05, 0.1) is 0 Å². The average Bonchev–Trinajstić information content (AvgIpc) is 2.38. The SMILES string of the molecule is CC(Cc1cccc(Cl)c1)NC(=O)c1ccc[nH]c1=O. The van der Waals surface area contributed by atoms with Crippen LogP contribution in [0.2, 0.25) is 5.02 Å². The summed E-state index contributed by atoms with van der Waals surface area (Å²) >= 11 is 5.92. The number of aromatic nitrogens is 1.